The van der Waals surface area contributed by atoms with E-state index in [9.17, 15) is 12.9 Å². The van der Waals surface area contributed by atoms with E-state index in [0.29, 0.717) is 0 Å². The third-order valence-corrected chi connectivity index (χ3v) is 0.426. The van der Waals surface area contributed by atoms with Gasteiger partial charge in [0.15, 0.2) is 0 Å². The number of hydrogen-bond acceptors (Lipinski definition) is 1. The van der Waals surface area contributed by atoms with Gasteiger partial charge >= 0.3 is 7.18 Å². The van der Waals surface area contributed by atoms with Crippen LogP contribution in [0.3, 0.4) is 0 Å². The van der Waals surface area contributed by atoms with Crippen LogP contribution in [-0.2, 0) is 4.65 Å². The van der Waals surface area contributed by atoms with Gasteiger partial charge in [-0.05, 0) is 13.8 Å². The molecule has 0 aromatic carbocycles. The molecule has 5 heteroatoms. The van der Waals surface area contributed by atoms with Gasteiger partial charge in [-0.15, -0.1) is 0 Å². The molecule has 0 N–H and O–H groups in total. The molecule has 0 fully saturated rings. The Labute approximate surface area is 45.9 Å². The quantitative estimate of drug-likeness (QED) is 0.513. The molecule has 0 saturated heterocycles. The van der Waals surface area contributed by atoms with E-state index in [-0.39, 0.29) is 0 Å². The Morgan fingerprint density at radius 2 is 1.62 bits per heavy atom. The molecule has 1 nitrogen and oxygen atoms in total. The first-order valence-electron chi connectivity index (χ1n) is 2.28. The molecule has 0 bridgehead atoms. The molecular formula is C3H7BF3O-. The van der Waals surface area contributed by atoms with E-state index in [0.717, 1.165) is 0 Å². The van der Waals surface area contributed by atoms with Crippen molar-refractivity contribution in [2.75, 3.05) is 0 Å². The third-order valence-electron chi connectivity index (χ3n) is 0.426. The van der Waals surface area contributed by atoms with Crippen LogP contribution in [-0.4, -0.2) is 13.3 Å². The van der Waals surface area contributed by atoms with Crippen molar-refractivity contribution in [2.45, 2.75) is 20.0 Å². The summed E-state index contributed by atoms with van der Waals surface area (Å²) in [6.45, 7) is 2.68. The second kappa shape index (κ2) is 2.39. The van der Waals surface area contributed by atoms with Gasteiger partial charge in [0.2, 0.25) is 0 Å². The van der Waals surface area contributed by atoms with E-state index in [1.54, 1.807) is 0 Å². The van der Waals surface area contributed by atoms with Crippen molar-refractivity contribution in [3.8, 4) is 0 Å². The first kappa shape index (κ1) is 7.81. The van der Waals surface area contributed by atoms with Crippen LogP contribution in [0.2, 0.25) is 0 Å². The van der Waals surface area contributed by atoms with E-state index in [4.69, 9.17) is 0 Å². The Balaban J connectivity index is 3.39. The zero-order valence-electron chi connectivity index (χ0n) is 4.70. The molecule has 0 atom stereocenters. The molecule has 0 aliphatic carbocycles. The van der Waals surface area contributed by atoms with Crippen LogP contribution in [0.5, 0.6) is 0 Å². The van der Waals surface area contributed by atoms with Gasteiger partial charge in [0, 0.05) is 6.10 Å². The Kier molecular flexibility index (Phi) is 2.34. The van der Waals surface area contributed by atoms with Crippen LogP contribution in [0.15, 0.2) is 0 Å². The van der Waals surface area contributed by atoms with E-state index >= 15 is 0 Å². The molecule has 0 amide bonds. The molecule has 0 spiro atoms. The van der Waals surface area contributed by atoms with Crippen LogP contribution in [0.1, 0.15) is 13.8 Å². The van der Waals surface area contributed by atoms with Gasteiger partial charge in [-0.3, -0.25) is 0 Å². The largest absolute Gasteiger partial charge is 0.637 e. The van der Waals surface area contributed by atoms with Crippen molar-refractivity contribution in [1.29, 1.82) is 0 Å². The predicted molar refractivity (Wildman–Crippen MR) is 25.3 cm³/mol. The summed E-state index contributed by atoms with van der Waals surface area (Å²) in [7, 11) is -5.04. The Morgan fingerprint density at radius 3 is 1.62 bits per heavy atom. The van der Waals surface area contributed by atoms with E-state index in [1.165, 1.54) is 13.8 Å². The maximum atomic E-state index is 11.1. The average Bonchev–Trinajstić information content (AvgIpc) is 1.21. The summed E-state index contributed by atoms with van der Waals surface area (Å²) in [6, 6.07) is 0. The molecule has 0 unspecified atom stereocenters. The lowest BCUT2D eigenvalue weighted by Crippen LogP contribution is -2.25. The van der Waals surface area contributed by atoms with Crippen LogP contribution in [0.4, 0.5) is 12.9 Å². The van der Waals surface area contributed by atoms with Gasteiger partial charge in [-0.25, -0.2) is 0 Å². The summed E-state index contributed by atoms with van der Waals surface area (Å²) < 4.78 is 36.9. The molecule has 0 aromatic heterocycles. The second-order valence-corrected chi connectivity index (χ2v) is 1.70. The molecule has 0 heterocycles. The predicted octanol–water partition coefficient (Wildman–Crippen LogP) is 1.76. The third kappa shape index (κ3) is 5.81. The summed E-state index contributed by atoms with van der Waals surface area (Å²) in [5.41, 5.74) is 0. The minimum atomic E-state index is -5.04. The summed E-state index contributed by atoms with van der Waals surface area (Å²) in [5.74, 6) is 0. The molecule has 0 saturated carbocycles. The van der Waals surface area contributed by atoms with Gasteiger partial charge in [-0.2, -0.15) is 0 Å². The molecule has 50 valence electrons. The summed E-state index contributed by atoms with van der Waals surface area (Å²) in [4.78, 5) is 0. The normalized spacial score (nSPS) is 12.8. The fraction of sp³-hybridized carbons (Fsp3) is 1.00. The maximum absolute atomic E-state index is 11.1. The van der Waals surface area contributed by atoms with E-state index in [1.807, 2.05) is 0 Å². The van der Waals surface area contributed by atoms with Gasteiger partial charge in [0.1, 0.15) is 0 Å². The van der Waals surface area contributed by atoms with Gasteiger partial charge in [-0.1, -0.05) is 0 Å². The smallest absolute Gasteiger partial charge is 0.506 e. The molecule has 0 radical (unpaired) electrons. The van der Waals surface area contributed by atoms with Gasteiger partial charge < -0.3 is 17.6 Å². The Hall–Kier alpha value is -0.185. The van der Waals surface area contributed by atoms with Crippen LogP contribution >= 0.6 is 0 Å². The highest BCUT2D eigenvalue weighted by Crippen LogP contribution is 2.11. The lowest BCUT2D eigenvalue weighted by atomic mass is 10.2. The van der Waals surface area contributed by atoms with Crippen LogP contribution in [0, 0.1) is 0 Å². The van der Waals surface area contributed by atoms with Crippen molar-refractivity contribution in [3.05, 3.63) is 0 Å². The lowest BCUT2D eigenvalue weighted by Gasteiger charge is -2.18. The highest BCUT2D eigenvalue weighted by atomic mass is 19.4. The van der Waals surface area contributed by atoms with Crippen LogP contribution in [0.25, 0.3) is 0 Å². The lowest BCUT2D eigenvalue weighted by molar-refractivity contribution is 0.130. The first-order chi connectivity index (χ1) is 3.42. The topological polar surface area (TPSA) is 9.23 Å². The van der Waals surface area contributed by atoms with Crippen LogP contribution < -0.4 is 0 Å². The summed E-state index contributed by atoms with van der Waals surface area (Å²) in [5, 5.41) is 0. The van der Waals surface area contributed by atoms with Crippen molar-refractivity contribution < 1.29 is 17.6 Å². The van der Waals surface area contributed by atoms with Crippen molar-refractivity contribution in [2.24, 2.45) is 0 Å². The number of rotatable bonds is 2. The monoisotopic (exact) mass is 127 g/mol. The summed E-state index contributed by atoms with van der Waals surface area (Å²) >= 11 is 0. The fourth-order valence-electron chi connectivity index (χ4n) is 0.309. The SMILES string of the molecule is CC(C)O[B-](F)(F)F. The van der Waals surface area contributed by atoms with Crippen molar-refractivity contribution in [3.63, 3.8) is 0 Å². The van der Waals surface area contributed by atoms with Crippen molar-refractivity contribution >= 4 is 7.18 Å². The Morgan fingerprint density at radius 1 is 1.25 bits per heavy atom. The van der Waals surface area contributed by atoms with Crippen molar-refractivity contribution in [1.82, 2.24) is 0 Å². The highest BCUT2D eigenvalue weighted by molar-refractivity contribution is 6.51. The molecule has 0 rings (SSSR count). The number of halogens is 3. The van der Waals surface area contributed by atoms with E-state index in [2.05, 4.69) is 4.65 Å². The number of hydrogen-bond donors (Lipinski definition) is 0. The molecule has 8 heavy (non-hydrogen) atoms. The molecule has 0 aliphatic heterocycles. The van der Waals surface area contributed by atoms with Gasteiger partial charge in [0.05, 0.1) is 0 Å². The maximum Gasteiger partial charge on any atom is 0.637 e. The summed E-state index contributed by atoms with van der Waals surface area (Å²) in [6.07, 6.45) is -0.755. The van der Waals surface area contributed by atoms with Gasteiger partial charge in [0.25, 0.3) is 0 Å². The standard InChI is InChI=1S/C3H7BF3O/c1-3(2)8-4(5,6)7/h3H,1-2H3/q-1. The Bertz CT molecular complexity index is 69.4. The second-order valence-electron chi connectivity index (χ2n) is 1.70. The fourth-order valence-corrected chi connectivity index (χ4v) is 0.309. The van der Waals surface area contributed by atoms with E-state index < -0.39 is 13.3 Å². The molecular weight excluding hydrogens is 120 g/mol. The first-order valence-corrected chi connectivity index (χ1v) is 2.28. The average molecular weight is 127 g/mol. The molecule has 0 aromatic rings. The minimum absolute atomic E-state index is 0.755. The minimum Gasteiger partial charge on any atom is -0.506 e. The highest BCUT2D eigenvalue weighted by Gasteiger charge is 2.26. The zero-order valence-corrected chi connectivity index (χ0v) is 4.70. The molecule has 0 aliphatic rings. The zero-order chi connectivity index (χ0) is 6.78.